The van der Waals surface area contributed by atoms with Crippen LogP contribution in [0.15, 0.2) is 59.5 Å². The van der Waals surface area contributed by atoms with Crippen molar-refractivity contribution in [2.24, 2.45) is 5.92 Å². The zero-order valence-corrected chi connectivity index (χ0v) is 22.3. The summed E-state index contributed by atoms with van der Waals surface area (Å²) in [7, 11) is -3.81. The largest absolute Gasteiger partial charge is 0.445 e. The van der Waals surface area contributed by atoms with Crippen LogP contribution in [0, 0.1) is 12.8 Å². The summed E-state index contributed by atoms with van der Waals surface area (Å²) < 4.78 is 45.0. The lowest BCUT2D eigenvalue weighted by atomic mass is 10.0. The lowest BCUT2D eigenvalue weighted by Crippen LogP contribution is -2.50. The number of aryl methyl sites for hydroxylation is 1. The molecular weight excluding hydrogens is 500 g/mol. The van der Waals surface area contributed by atoms with Gasteiger partial charge in [-0.1, -0.05) is 61.9 Å². The Balaban J connectivity index is 1.54. The Labute approximate surface area is 218 Å². The Kier molecular flexibility index (Phi) is 13.1. The van der Waals surface area contributed by atoms with Crippen LogP contribution in [0.4, 0.5) is 4.79 Å². The fourth-order valence-electron chi connectivity index (χ4n) is 3.08. The van der Waals surface area contributed by atoms with E-state index in [2.05, 4.69) is 10.6 Å². The van der Waals surface area contributed by atoms with E-state index < -0.39 is 22.3 Å². The van der Waals surface area contributed by atoms with Crippen molar-refractivity contribution in [3.8, 4) is 0 Å². The summed E-state index contributed by atoms with van der Waals surface area (Å²) in [5, 5.41) is 5.33. The molecule has 0 bridgehead atoms. The highest BCUT2D eigenvalue weighted by atomic mass is 32.2. The third-order valence-electron chi connectivity index (χ3n) is 5.13. The van der Waals surface area contributed by atoms with Crippen molar-refractivity contribution >= 4 is 22.1 Å². The highest BCUT2D eigenvalue weighted by Gasteiger charge is 2.24. The highest BCUT2D eigenvalue weighted by Crippen LogP contribution is 2.13. The van der Waals surface area contributed by atoms with Crippen molar-refractivity contribution in [3.63, 3.8) is 0 Å². The Bertz CT molecular complexity index is 1060. The maximum atomic E-state index is 12.5. The Morgan fingerprint density at radius 2 is 1.49 bits per heavy atom. The van der Waals surface area contributed by atoms with Crippen molar-refractivity contribution in [2.45, 2.75) is 38.3 Å². The van der Waals surface area contributed by atoms with Gasteiger partial charge in [0.05, 0.1) is 37.9 Å². The molecule has 0 saturated heterocycles. The number of benzene rings is 2. The number of nitrogens with one attached hydrogen (secondary N) is 2. The van der Waals surface area contributed by atoms with E-state index in [1.54, 1.807) is 12.1 Å². The number of carbonyl (C=O) groups is 2. The van der Waals surface area contributed by atoms with E-state index in [4.69, 9.17) is 18.4 Å². The van der Waals surface area contributed by atoms with Gasteiger partial charge in [0.2, 0.25) is 5.91 Å². The number of alkyl carbamates (subject to hydrolysis) is 1. The van der Waals surface area contributed by atoms with Crippen LogP contribution in [-0.4, -0.2) is 66.0 Å². The molecule has 0 aliphatic carbocycles. The van der Waals surface area contributed by atoms with Gasteiger partial charge in [0.15, 0.2) is 0 Å². The van der Waals surface area contributed by atoms with Crippen LogP contribution in [0.3, 0.4) is 0 Å². The number of hydrogen-bond donors (Lipinski definition) is 2. The first-order chi connectivity index (χ1) is 17.7. The Morgan fingerprint density at radius 1 is 0.865 bits per heavy atom. The first-order valence-electron chi connectivity index (χ1n) is 12.1. The van der Waals surface area contributed by atoms with E-state index in [0.717, 1.165) is 11.1 Å². The summed E-state index contributed by atoms with van der Waals surface area (Å²) in [4.78, 5) is 24.7. The van der Waals surface area contributed by atoms with E-state index in [1.165, 1.54) is 12.1 Å². The summed E-state index contributed by atoms with van der Waals surface area (Å²) in [6.07, 6.45) is -0.665. The van der Waals surface area contributed by atoms with Gasteiger partial charge in [0, 0.05) is 6.54 Å². The lowest BCUT2D eigenvalue weighted by molar-refractivity contribution is -0.124. The number of hydrogen-bond acceptors (Lipinski definition) is 8. The standard InChI is InChI=1S/C26H36N2O8S/c1-20(2)24(28-26(30)35-19-22-7-5-4-6-8-22)25(29)27-13-14-33-15-16-34-17-18-36-37(31,32)23-11-9-21(3)10-12-23/h4-12,20,24H,13-19H2,1-3H3,(H,27,29)(H,28,30)/t24-/m0/s1. The van der Waals surface area contributed by atoms with Gasteiger partial charge in [-0.05, 0) is 30.5 Å². The van der Waals surface area contributed by atoms with Crippen LogP contribution in [0.2, 0.25) is 0 Å². The summed E-state index contributed by atoms with van der Waals surface area (Å²) in [5.74, 6) is -0.478. The predicted molar refractivity (Wildman–Crippen MR) is 137 cm³/mol. The Hall–Kier alpha value is -2.99. The van der Waals surface area contributed by atoms with Gasteiger partial charge in [0.25, 0.3) is 10.1 Å². The van der Waals surface area contributed by atoms with Gasteiger partial charge in [0.1, 0.15) is 12.6 Å². The SMILES string of the molecule is Cc1ccc(S(=O)(=O)OCCOCCOCCNC(=O)[C@@H](NC(=O)OCc2ccccc2)C(C)C)cc1. The zero-order chi connectivity index (χ0) is 27.1. The fraction of sp³-hybridized carbons (Fsp3) is 0.462. The smallest absolute Gasteiger partial charge is 0.408 e. The predicted octanol–water partition coefficient (Wildman–Crippen LogP) is 2.80. The first-order valence-corrected chi connectivity index (χ1v) is 13.5. The average molecular weight is 537 g/mol. The second-order valence-electron chi connectivity index (χ2n) is 8.53. The van der Waals surface area contributed by atoms with E-state index in [1.807, 2.05) is 51.1 Å². The molecule has 2 aromatic rings. The molecule has 0 radical (unpaired) electrons. The van der Waals surface area contributed by atoms with Gasteiger partial charge < -0.3 is 24.8 Å². The molecule has 1 atom stereocenters. The second kappa shape index (κ2) is 16.0. The van der Waals surface area contributed by atoms with Crippen LogP contribution >= 0.6 is 0 Å². The molecule has 204 valence electrons. The zero-order valence-electron chi connectivity index (χ0n) is 21.5. The highest BCUT2D eigenvalue weighted by molar-refractivity contribution is 7.86. The molecular formula is C26H36N2O8S. The van der Waals surface area contributed by atoms with E-state index in [0.29, 0.717) is 0 Å². The summed E-state index contributed by atoms with van der Waals surface area (Å²) in [5.41, 5.74) is 1.81. The molecule has 0 unspecified atom stereocenters. The number of amides is 2. The van der Waals surface area contributed by atoms with Gasteiger partial charge in [-0.3, -0.25) is 8.98 Å². The first kappa shape index (κ1) is 30.2. The van der Waals surface area contributed by atoms with Crippen LogP contribution in [-0.2, 0) is 39.9 Å². The maximum Gasteiger partial charge on any atom is 0.408 e. The molecule has 0 saturated carbocycles. The van der Waals surface area contributed by atoms with E-state index >= 15 is 0 Å². The molecule has 0 aliphatic heterocycles. The number of ether oxygens (including phenoxy) is 3. The molecule has 2 N–H and O–H groups in total. The Morgan fingerprint density at radius 3 is 2.14 bits per heavy atom. The van der Waals surface area contributed by atoms with Crippen molar-refractivity contribution in [1.82, 2.24) is 10.6 Å². The van der Waals surface area contributed by atoms with Gasteiger partial charge in [-0.15, -0.1) is 0 Å². The minimum absolute atomic E-state index is 0.0906. The van der Waals surface area contributed by atoms with Crippen LogP contribution < -0.4 is 10.6 Å². The summed E-state index contributed by atoms with van der Waals surface area (Å²) in [6.45, 7) is 6.62. The molecule has 0 fully saturated rings. The van der Waals surface area contributed by atoms with Crippen molar-refractivity contribution in [2.75, 3.05) is 39.6 Å². The fourth-order valence-corrected chi connectivity index (χ4v) is 3.97. The quantitative estimate of drug-likeness (QED) is 0.248. The monoisotopic (exact) mass is 536 g/mol. The molecule has 2 aromatic carbocycles. The van der Waals surface area contributed by atoms with E-state index in [-0.39, 0.29) is 62.9 Å². The molecule has 0 aliphatic rings. The molecule has 10 nitrogen and oxygen atoms in total. The molecule has 2 rings (SSSR count). The van der Waals surface area contributed by atoms with Gasteiger partial charge >= 0.3 is 6.09 Å². The third kappa shape index (κ3) is 11.7. The molecule has 37 heavy (non-hydrogen) atoms. The minimum Gasteiger partial charge on any atom is -0.445 e. The number of rotatable bonds is 16. The van der Waals surface area contributed by atoms with E-state index in [9.17, 15) is 18.0 Å². The topological polar surface area (TPSA) is 129 Å². The number of carbonyl (C=O) groups excluding carboxylic acids is 2. The summed E-state index contributed by atoms with van der Waals surface area (Å²) in [6, 6.07) is 14.9. The summed E-state index contributed by atoms with van der Waals surface area (Å²) >= 11 is 0. The molecule has 2 amide bonds. The molecule has 0 spiro atoms. The average Bonchev–Trinajstić information content (AvgIpc) is 2.87. The van der Waals surface area contributed by atoms with Crippen LogP contribution in [0.25, 0.3) is 0 Å². The van der Waals surface area contributed by atoms with Crippen molar-refractivity contribution in [3.05, 3.63) is 65.7 Å². The maximum absolute atomic E-state index is 12.5. The molecule has 0 heterocycles. The van der Waals surface area contributed by atoms with Gasteiger partial charge in [-0.25, -0.2) is 4.79 Å². The normalized spacial score (nSPS) is 12.2. The minimum atomic E-state index is -3.81. The van der Waals surface area contributed by atoms with Crippen molar-refractivity contribution < 1.29 is 36.4 Å². The lowest BCUT2D eigenvalue weighted by Gasteiger charge is -2.21. The molecule has 0 aromatic heterocycles. The molecule has 11 heteroatoms. The van der Waals surface area contributed by atoms with Crippen LogP contribution in [0.1, 0.15) is 25.0 Å². The third-order valence-corrected chi connectivity index (χ3v) is 6.46. The van der Waals surface area contributed by atoms with Crippen molar-refractivity contribution in [1.29, 1.82) is 0 Å². The van der Waals surface area contributed by atoms with Crippen LogP contribution in [0.5, 0.6) is 0 Å². The van der Waals surface area contributed by atoms with Gasteiger partial charge in [-0.2, -0.15) is 8.42 Å². The second-order valence-corrected chi connectivity index (χ2v) is 10.1.